The predicted molar refractivity (Wildman–Crippen MR) is 40.7 cm³/mol. The fourth-order valence-corrected chi connectivity index (χ4v) is 1.60. The summed E-state index contributed by atoms with van der Waals surface area (Å²) in [7, 11) is 0. The van der Waals surface area contributed by atoms with E-state index in [4.69, 9.17) is 10.8 Å². The van der Waals surface area contributed by atoms with Crippen molar-refractivity contribution in [2.75, 3.05) is 19.7 Å². The maximum Gasteiger partial charge on any atom is 0.0587 e. The Morgan fingerprint density at radius 1 is 1.70 bits per heavy atom. The number of aliphatic hydroxyl groups is 1. The molecule has 0 radical (unpaired) electrons. The molecule has 0 unspecified atom stereocenters. The van der Waals surface area contributed by atoms with E-state index >= 15 is 0 Å². The van der Waals surface area contributed by atoms with Crippen LogP contribution in [0.4, 0.5) is 0 Å². The SMILES string of the molecule is CCN1C[C@H](N)C[C@H]1CO. The Hall–Kier alpha value is -0.120. The van der Waals surface area contributed by atoms with Gasteiger partial charge in [0.2, 0.25) is 0 Å². The lowest BCUT2D eigenvalue weighted by atomic mass is 10.2. The highest BCUT2D eigenvalue weighted by Crippen LogP contribution is 2.14. The summed E-state index contributed by atoms with van der Waals surface area (Å²) >= 11 is 0. The summed E-state index contributed by atoms with van der Waals surface area (Å²) in [5, 5.41) is 8.89. The molecule has 3 N–H and O–H groups in total. The Kier molecular flexibility index (Phi) is 2.65. The first-order valence-electron chi connectivity index (χ1n) is 3.88. The lowest BCUT2D eigenvalue weighted by Crippen LogP contribution is -2.32. The van der Waals surface area contributed by atoms with Gasteiger partial charge >= 0.3 is 0 Å². The van der Waals surface area contributed by atoms with Crippen molar-refractivity contribution in [3.63, 3.8) is 0 Å². The maximum atomic E-state index is 8.89. The van der Waals surface area contributed by atoms with E-state index in [1.54, 1.807) is 0 Å². The minimum atomic E-state index is 0.252. The van der Waals surface area contributed by atoms with E-state index < -0.39 is 0 Å². The number of hydrogen-bond acceptors (Lipinski definition) is 3. The van der Waals surface area contributed by atoms with Crippen molar-refractivity contribution in [1.29, 1.82) is 0 Å². The molecular weight excluding hydrogens is 128 g/mol. The average Bonchev–Trinajstić information content (AvgIpc) is 2.30. The van der Waals surface area contributed by atoms with Gasteiger partial charge in [-0.25, -0.2) is 0 Å². The fourth-order valence-electron chi connectivity index (χ4n) is 1.60. The van der Waals surface area contributed by atoms with Crippen LogP contribution in [0, 0.1) is 0 Å². The standard InChI is InChI=1S/C7H16N2O/c1-2-9-4-6(8)3-7(9)5-10/h6-7,10H,2-5,8H2,1H3/t6-,7+/m1/s1. The predicted octanol–water partition coefficient (Wildman–Crippen LogP) is -0.600. The zero-order chi connectivity index (χ0) is 7.56. The van der Waals surface area contributed by atoms with Gasteiger partial charge in [-0.1, -0.05) is 6.92 Å². The van der Waals surface area contributed by atoms with Crippen LogP contribution in [0.1, 0.15) is 13.3 Å². The van der Waals surface area contributed by atoms with Crippen molar-refractivity contribution in [2.24, 2.45) is 5.73 Å². The van der Waals surface area contributed by atoms with Gasteiger partial charge in [-0.05, 0) is 13.0 Å². The van der Waals surface area contributed by atoms with Crippen molar-refractivity contribution in [3.8, 4) is 0 Å². The molecule has 0 aromatic rings. The van der Waals surface area contributed by atoms with Crippen LogP contribution >= 0.6 is 0 Å². The first-order chi connectivity index (χ1) is 4.77. The molecule has 0 amide bonds. The molecule has 1 aliphatic heterocycles. The third-order valence-corrected chi connectivity index (χ3v) is 2.18. The van der Waals surface area contributed by atoms with Crippen molar-refractivity contribution >= 4 is 0 Å². The summed E-state index contributed by atoms with van der Waals surface area (Å²) in [6.45, 7) is 4.29. The number of hydrogen-bond donors (Lipinski definition) is 2. The highest BCUT2D eigenvalue weighted by Gasteiger charge is 2.27. The van der Waals surface area contributed by atoms with Crippen molar-refractivity contribution in [1.82, 2.24) is 4.90 Å². The van der Waals surface area contributed by atoms with Crippen LogP contribution < -0.4 is 5.73 Å². The normalized spacial score (nSPS) is 35.1. The third kappa shape index (κ3) is 1.48. The highest BCUT2D eigenvalue weighted by molar-refractivity contribution is 4.85. The topological polar surface area (TPSA) is 49.5 Å². The monoisotopic (exact) mass is 144 g/mol. The number of nitrogens with two attached hydrogens (primary N) is 1. The Morgan fingerprint density at radius 2 is 2.40 bits per heavy atom. The third-order valence-electron chi connectivity index (χ3n) is 2.18. The van der Waals surface area contributed by atoms with Gasteiger partial charge in [0.1, 0.15) is 0 Å². The molecule has 1 fully saturated rings. The summed E-state index contributed by atoms with van der Waals surface area (Å²) in [5.74, 6) is 0. The molecule has 0 bridgehead atoms. The van der Waals surface area contributed by atoms with Gasteiger partial charge in [-0.3, -0.25) is 4.90 Å². The highest BCUT2D eigenvalue weighted by atomic mass is 16.3. The number of aliphatic hydroxyl groups excluding tert-OH is 1. The van der Waals surface area contributed by atoms with E-state index in [0.29, 0.717) is 6.04 Å². The van der Waals surface area contributed by atoms with Crippen molar-refractivity contribution in [2.45, 2.75) is 25.4 Å². The molecule has 0 aliphatic carbocycles. The lowest BCUT2D eigenvalue weighted by Gasteiger charge is -2.19. The van der Waals surface area contributed by atoms with Crippen molar-refractivity contribution < 1.29 is 5.11 Å². The lowest BCUT2D eigenvalue weighted by molar-refractivity contribution is 0.164. The van der Waals surface area contributed by atoms with Crippen LogP contribution in [0.3, 0.4) is 0 Å². The Bertz CT molecular complexity index is 95.8. The minimum Gasteiger partial charge on any atom is -0.395 e. The molecule has 2 atom stereocenters. The second kappa shape index (κ2) is 3.32. The van der Waals surface area contributed by atoms with Crippen LogP contribution in [0.25, 0.3) is 0 Å². The summed E-state index contributed by atoms with van der Waals surface area (Å²) in [6.07, 6.45) is 0.949. The molecule has 1 saturated heterocycles. The van der Waals surface area contributed by atoms with Gasteiger partial charge in [0, 0.05) is 18.6 Å². The minimum absolute atomic E-state index is 0.252. The Labute approximate surface area is 61.8 Å². The molecule has 0 saturated carbocycles. The quantitative estimate of drug-likeness (QED) is 0.544. The maximum absolute atomic E-state index is 8.89. The number of rotatable bonds is 2. The Morgan fingerprint density at radius 3 is 2.80 bits per heavy atom. The average molecular weight is 144 g/mol. The first kappa shape index (κ1) is 7.98. The number of likely N-dealkylation sites (N-methyl/N-ethyl adjacent to an activating group) is 1. The van der Waals surface area contributed by atoms with E-state index in [-0.39, 0.29) is 12.6 Å². The number of nitrogens with zero attached hydrogens (tertiary/aromatic N) is 1. The van der Waals surface area contributed by atoms with E-state index in [0.717, 1.165) is 19.5 Å². The molecule has 0 spiro atoms. The molecule has 1 rings (SSSR count). The van der Waals surface area contributed by atoms with E-state index in [2.05, 4.69) is 11.8 Å². The molecule has 0 aromatic heterocycles. The van der Waals surface area contributed by atoms with Gasteiger partial charge in [0.15, 0.2) is 0 Å². The Balaban J connectivity index is 2.41. The van der Waals surface area contributed by atoms with E-state index in [1.807, 2.05) is 0 Å². The van der Waals surface area contributed by atoms with Gasteiger partial charge in [0.05, 0.1) is 6.61 Å². The molecule has 3 heteroatoms. The molecule has 1 heterocycles. The second-order valence-corrected chi connectivity index (χ2v) is 2.92. The molecule has 3 nitrogen and oxygen atoms in total. The van der Waals surface area contributed by atoms with Crippen LogP contribution in [-0.2, 0) is 0 Å². The van der Waals surface area contributed by atoms with Crippen LogP contribution in [-0.4, -0.2) is 41.8 Å². The largest absolute Gasteiger partial charge is 0.395 e. The van der Waals surface area contributed by atoms with Crippen molar-refractivity contribution in [3.05, 3.63) is 0 Å². The zero-order valence-corrected chi connectivity index (χ0v) is 6.45. The van der Waals surface area contributed by atoms with Gasteiger partial charge in [-0.2, -0.15) is 0 Å². The van der Waals surface area contributed by atoms with Crippen LogP contribution in [0.2, 0.25) is 0 Å². The second-order valence-electron chi connectivity index (χ2n) is 2.92. The zero-order valence-electron chi connectivity index (χ0n) is 6.45. The molecular formula is C7H16N2O. The molecule has 60 valence electrons. The fraction of sp³-hybridized carbons (Fsp3) is 1.00. The molecule has 0 aromatic carbocycles. The molecule has 10 heavy (non-hydrogen) atoms. The van der Waals surface area contributed by atoms with E-state index in [1.165, 1.54) is 0 Å². The van der Waals surface area contributed by atoms with E-state index in [9.17, 15) is 0 Å². The molecule has 1 aliphatic rings. The first-order valence-corrected chi connectivity index (χ1v) is 3.88. The van der Waals surface area contributed by atoms with Crippen LogP contribution in [0.5, 0.6) is 0 Å². The van der Waals surface area contributed by atoms with Gasteiger partial charge in [-0.15, -0.1) is 0 Å². The van der Waals surface area contributed by atoms with Gasteiger partial charge < -0.3 is 10.8 Å². The summed E-state index contributed by atoms with van der Waals surface area (Å²) < 4.78 is 0. The number of likely N-dealkylation sites (tertiary alicyclic amines) is 1. The summed E-state index contributed by atoms with van der Waals surface area (Å²) in [6, 6.07) is 0.595. The van der Waals surface area contributed by atoms with Crippen LogP contribution in [0.15, 0.2) is 0 Å². The van der Waals surface area contributed by atoms with Gasteiger partial charge in [0.25, 0.3) is 0 Å². The smallest absolute Gasteiger partial charge is 0.0587 e. The summed E-state index contributed by atoms with van der Waals surface area (Å²) in [4.78, 5) is 2.23. The summed E-state index contributed by atoms with van der Waals surface area (Å²) in [5.41, 5.74) is 5.71.